The van der Waals surface area contributed by atoms with Gasteiger partial charge < -0.3 is 9.80 Å². The van der Waals surface area contributed by atoms with E-state index in [1.54, 1.807) is 0 Å². The number of halogens is 1. The van der Waals surface area contributed by atoms with E-state index in [0.29, 0.717) is 24.2 Å². The van der Waals surface area contributed by atoms with Gasteiger partial charge >= 0.3 is 0 Å². The van der Waals surface area contributed by atoms with Crippen molar-refractivity contribution >= 4 is 23.4 Å². The normalized spacial score (nSPS) is 19.7. The highest BCUT2D eigenvalue weighted by Gasteiger charge is 2.40. The number of amides is 2. The van der Waals surface area contributed by atoms with Crippen molar-refractivity contribution in [3.05, 3.63) is 34.9 Å². The van der Waals surface area contributed by atoms with Crippen molar-refractivity contribution in [1.29, 1.82) is 0 Å². The number of hydrogen-bond acceptors (Lipinski definition) is 2. The van der Waals surface area contributed by atoms with Gasteiger partial charge in [0.15, 0.2) is 0 Å². The summed E-state index contributed by atoms with van der Waals surface area (Å²) >= 11 is 6.01. The van der Waals surface area contributed by atoms with Crippen LogP contribution in [-0.2, 0) is 9.59 Å². The lowest BCUT2D eigenvalue weighted by atomic mass is 9.90. The van der Waals surface area contributed by atoms with Gasteiger partial charge in [0.05, 0.1) is 6.04 Å². The second kappa shape index (κ2) is 7.83. The molecule has 27 heavy (non-hydrogen) atoms. The molecule has 1 saturated heterocycles. The van der Waals surface area contributed by atoms with Gasteiger partial charge in [0.2, 0.25) is 11.8 Å². The third-order valence-electron chi connectivity index (χ3n) is 5.74. The number of nitrogens with zero attached hydrogens (tertiary/aromatic N) is 2. The molecule has 0 aromatic heterocycles. The van der Waals surface area contributed by atoms with Gasteiger partial charge in [-0.3, -0.25) is 9.59 Å². The van der Waals surface area contributed by atoms with Gasteiger partial charge in [0.1, 0.15) is 0 Å². The summed E-state index contributed by atoms with van der Waals surface area (Å²) in [5.41, 5.74) is 0.764. The van der Waals surface area contributed by atoms with E-state index >= 15 is 0 Å². The summed E-state index contributed by atoms with van der Waals surface area (Å²) in [6.45, 7) is 9.33. The summed E-state index contributed by atoms with van der Waals surface area (Å²) in [7, 11) is 0. The number of carbonyl (C=O) groups excluding carboxylic acids is 2. The third kappa shape index (κ3) is 4.66. The predicted molar refractivity (Wildman–Crippen MR) is 108 cm³/mol. The van der Waals surface area contributed by atoms with Crippen LogP contribution in [0.3, 0.4) is 0 Å². The first-order chi connectivity index (χ1) is 12.7. The van der Waals surface area contributed by atoms with E-state index in [4.69, 9.17) is 11.6 Å². The highest BCUT2D eigenvalue weighted by Crippen LogP contribution is 2.37. The minimum atomic E-state index is -0.361. The molecule has 1 heterocycles. The van der Waals surface area contributed by atoms with Crippen LogP contribution in [0.15, 0.2) is 24.3 Å². The molecule has 4 nitrogen and oxygen atoms in total. The van der Waals surface area contributed by atoms with Gasteiger partial charge in [-0.25, -0.2) is 0 Å². The quantitative estimate of drug-likeness (QED) is 0.749. The van der Waals surface area contributed by atoms with E-state index in [1.165, 1.54) is 0 Å². The molecule has 1 aromatic carbocycles. The third-order valence-corrected chi connectivity index (χ3v) is 5.99. The van der Waals surface area contributed by atoms with Crippen molar-refractivity contribution in [2.24, 2.45) is 11.3 Å². The number of rotatable bonds is 4. The monoisotopic (exact) mass is 390 g/mol. The minimum Gasteiger partial charge on any atom is -0.342 e. The fourth-order valence-electron chi connectivity index (χ4n) is 3.96. The summed E-state index contributed by atoms with van der Waals surface area (Å²) in [5, 5.41) is 0.714. The van der Waals surface area contributed by atoms with E-state index in [2.05, 4.69) is 11.8 Å². The molecule has 2 fully saturated rings. The van der Waals surface area contributed by atoms with Crippen LogP contribution in [0.5, 0.6) is 0 Å². The topological polar surface area (TPSA) is 40.6 Å². The van der Waals surface area contributed by atoms with Crippen molar-refractivity contribution in [3.63, 3.8) is 0 Å². The Balaban J connectivity index is 1.66. The number of benzene rings is 1. The van der Waals surface area contributed by atoms with Gasteiger partial charge in [-0.05, 0) is 50.3 Å². The highest BCUT2D eigenvalue weighted by molar-refractivity contribution is 6.30. The minimum absolute atomic E-state index is 0.0179. The molecule has 0 radical (unpaired) electrons. The fraction of sp³-hybridized carbons (Fsp3) is 0.636. The number of likely N-dealkylation sites (tertiary alicyclic amines) is 1. The average Bonchev–Trinajstić information content (AvgIpc) is 3.46. The van der Waals surface area contributed by atoms with Gasteiger partial charge in [-0.2, -0.15) is 0 Å². The van der Waals surface area contributed by atoms with E-state index in [0.717, 1.165) is 31.2 Å². The Bertz CT molecular complexity index is 683. The zero-order chi connectivity index (χ0) is 19.8. The Labute approximate surface area is 167 Å². The van der Waals surface area contributed by atoms with Crippen molar-refractivity contribution in [3.8, 4) is 0 Å². The van der Waals surface area contributed by atoms with E-state index in [-0.39, 0.29) is 29.2 Å². The first kappa shape index (κ1) is 20.2. The Kier molecular flexibility index (Phi) is 5.85. The van der Waals surface area contributed by atoms with E-state index < -0.39 is 0 Å². The largest absolute Gasteiger partial charge is 0.342 e. The molecule has 0 spiro atoms. The molecular weight excluding hydrogens is 360 g/mol. The standard InChI is InChI=1S/C22H31ClN2O2/c1-15(16-5-7-18(23)8-6-16)25(19-9-10-19)20(26)17-11-13-24(14-12-17)21(27)22(2,3)4/h5-8,15,17,19H,9-14H2,1-4H3. The molecule has 3 rings (SSSR count). The van der Waals surface area contributed by atoms with Crippen LogP contribution in [0.2, 0.25) is 5.02 Å². The smallest absolute Gasteiger partial charge is 0.227 e. The SMILES string of the molecule is CC(c1ccc(Cl)cc1)N(C(=O)C1CCN(C(=O)C(C)(C)C)CC1)C1CC1. The maximum Gasteiger partial charge on any atom is 0.227 e. The number of piperidine rings is 1. The Hall–Kier alpha value is -1.55. The molecular formula is C22H31ClN2O2. The number of hydrogen-bond donors (Lipinski definition) is 0. The zero-order valence-corrected chi connectivity index (χ0v) is 17.6. The van der Waals surface area contributed by atoms with Crippen molar-refractivity contribution in [2.45, 2.75) is 65.5 Å². The lowest BCUT2D eigenvalue weighted by Gasteiger charge is -2.38. The average molecular weight is 391 g/mol. The zero-order valence-electron chi connectivity index (χ0n) is 16.9. The van der Waals surface area contributed by atoms with Crippen LogP contribution in [0, 0.1) is 11.3 Å². The first-order valence-corrected chi connectivity index (χ1v) is 10.4. The molecule has 1 atom stereocenters. The lowest BCUT2D eigenvalue weighted by Crippen LogP contribution is -2.48. The molecule has 2 aliphatic rings. The van der Waals surface area contributed by atoms with Crippen LogP contribution in [0.25, 0.3) is 0 Å². The molecule has 1 aliphatic carbocycles. The summed E-state index contributed by atoms with van der Waals surface area (Å²) in [4.78, 5) is 29.8. The maximum absolute atomic E-state index is 13.3. The number of carbonyl (C=O) groups is 2. The van der Waals surface area contributed by atoms with E-state index in [1.807, 2.05) is 49.9 Å². The summed E-state index contributed by atoms with van der Waals surface area (Å²) < 4.78 is 0. The van der Waals surface area contributed by atoms with Gasteiger partial charge in [0, 0.05) is 35.5 Å². The Morgan fingerprint density at radius 1 is 1.07 bits per heavy atom. The van der Waals surface area contributed by atoms with Gasteiger partial charge in [0.25, 0.3) is 0 Å². The molecule has 0 N–H and O–H groups in total. The lowest BCUT2D eigenvalue weighted by molar-refractivity contribution is -0.146. The molecule has 148 valence electrons. The molecule has 2 amide bonds. The molecule has 1 aromatic rings. The summed E-state index contributed by atoms with van der Waals surface area (Å²) in [6.07, 6.45) is 3.70. The van der Waals surface area contributed by atoms with Crippen LogP contribution in [0.1, 0.15) is 65.0 Å². The summed E-state index contributed by atoms with van der Waals surface area (Å²) in [5.74, 6) is 0.453. The molecule has 1 aliphatic heterocycles. The maximum atomic E-state index is 13.3. The van der Waals surface area contributed by atoms with Crippen LogP contribution in [0.4, 0.5) is 0 Å². The van der Waals surface area contributed by atoms with Gasteiger partial charge in [-0.1, -0.05) is 44.5 Å². The summed E-state index contributed by atoms with van der Waals surface area (Å²) in [6, 6.07) is 8.22. The van der Waals surface area contributed by atoms with Crippen LogP contribution in [-0.4, -0.2) is 40.7 Å². The first-order valence-electron chi connectivity index (χ1n) is 10.1. The fourth-order valence-corrected chi connectivity index (χ4v) is 4.08. The Morgan fingerprint density at radius 2 is 1.63 bits per heavy atom. The van der Waals surface area contributed by atoms with Crippen LogP contribution >= 0.6 is 11.6 Å². The predicted octanol–water partition coefficient (Wildman–Crippen LogP) is 4.68. The molecule has 5 heteroatoms. The molecule has 0 bridgehead atoms. The van der Waals surface area contributed by atoms with Crippen LogP contribution < -0.4 is 0 Å². The van der Waals surface area contributed by atoms with Gasteiger partial charge in [-0.15, -0.1) is 0 Å². The molecule has 1 unspecified atom stereocenters. The second-order valence-electron chi connectivity index (χ2n) is 9.02. The van der Waals surface area contributed by atoms with Crippen molar-refractivity contribution in [1.82, 2.24) is 9.80 Å². The van der Waals surface area contributed by atoms with E-state index in [9.17, 15) is 9.59 Å². The highest BCUT2D eigenvalue weighted by atomic mass is 35.5. The van der Waals surface area contributed by atoms with Crippen molar-refractivity contribution in [2.75, 3.05) is 13.1 Å². The van der Waals surface area contributed by atoms with Crippen molar-refractivity contribution < 1.29 is 9.59 Å². The Morgan fingerprint density at radius 3 is 2.11 bits per heavy atom. The molecule has 1 saturated carbocycles. The second-order valence-corrected chi connectivity index (χ2v) is 9.46.